The van der Waals surface area contributed by atoms with E-state index in [1.54, 1.807) is 6.07 Å². The minimum absolute atomic E-state index is 0.0464. The molecule has 0 aromatic heterocycles. The molecule has 0 spiro atoms. The van der Waals surface area contributed by atoms with Gasteiger partial charge in [-0.05, 0) is 50.1 Å². The third kappa shape index (κ3) is 7.19. The van der Waals surface area contributed by atoms with Gasteiger partial charge in [0.25, 0.3) is 0 Å². The SMILES string of the molecule is Cc1cccc(OC[C@@H](O)CNC(C)(C)CNc2ccc(C3=NNC(=O)C[C@@H]3C)cc2)c1Cl. The van der Waals surface area contributed by atoms with E-state index < -0.39 is 6.10 Å². The summed E-state index contributed by atoms with van der Waals surface area (Å²) >= 11 is 6.24. The van der Waals surface area contributed by atoms with Gasteiger partial charge in [-0.15, -0.1) is 0 Å². The van der Waals surface area contributed by atoms with Crippen LogP contribution in [0.5, 0.6) is 5.75 Å². The first-order valence-electron chi connectivity index (χ1n) is 11.2. The predicted molar refractivity (Wildman–Crippen MR) is 133 cm³/mol. The number of aliphatic hydroxyl groups excluding tert-OH is 1. The van der Waals surface area contributed by atoms with Crippen molar-refractivity contribution in [2.24, 2.45) is 11.0 Å². The minimum Gasteiger partial charge on any atom is -0.489 e. The van der Waals surface area contributed by atoms with Crippen molar-refractivity contribution in [2.45, 2.75) is 45.8 Å². The molecular formula is C25H33ClN4O3. The maximum atomic E-state index is 11.4. The summed E-state index contributed by atoms with van der Waals surface area (Å²) in [5.74, 6) is 0.629. The van der Waals surface area contributed by atoms with E-state index in [-0.39, 0.29) is 24.0 Å². The third-order valence-corrected chi connectivity index (χ3v) is 6.06. The van der Waals surface area contributed by atoms with Crippen molar-refractivity contribution >= 4 is 28.9 Å². The second-order valence-electron chi connectivity index (χ2n) is 9.18. The van der Waals surface area contributed by atoms with Crippen LogP contribution in [-0.2, 0) is 4.79 Å². The van der Waals surface area contributed by atoms with Gasteiger partial charge in [0, 0.05) is 36.7 Å². The Bertz CT molecular complexity index is 992. The number of hydrazone groups is 1. The first-order chi connectivity index (χ1) is 15.6. The van der Waals surface area contributed by atoms with Crippen LogP contribution in [0.3, 0.4) is 0 Å². The fourth-order valence-corrected chi connectivity index (χ4v) is 3.70. The van der Waals surface area contributed by atoms with E-state index in [2.05, 4.69) is 35.0 Å². The highest BCUT2D eigenvalue weighted by molar-refractivity contribution is 6.32. The number of carbonyl (C=O) groups excluding carboxylic acids is 1. The lowest BCUT2D eigenvalue weighted by atomic mass is 9.94. The molecule has 0 saturated heterocycles. The number of halogens is 1. The molecule has 7 nitrogen and oxygen atoms in total. The van der Waals surface area contributed by atoms with Crippen LogP contribution in [0.2, 0.25) is 5.02 Å². The fraction of sp³-hybridized carbons (Fsp3) is 0.440. The van der Waals surface area contributed by atoms with E-state index >= 15 is 0 Å². The molecule has 0 aliphatic carbocycles. The Labute approximate surface area is 200 Å². The smallest absolute Gasteiger partial charge is 0.240 e. The van der Waals surface area contributed by atoms with Gasteiger partial charge in [-0.3, -0.25) is 4.79 Å². The first-order valence-corrected chi connectivity index (χ1v) is 11.5. The summed E-state index contributed by atoms with van der Waals surface area (Å²) in [6.45, 7) is 9.27. The van der Waals surface area contributed by atoms with Crippen LogP contribution >= 0.6 is 11.6 Å². The zero-order valence-electron chi connectivity index (χ0n) is 19.6. The Hall–Kier alpha value is -2.61. The number of hydrogen-bond donors (Lipinski definition) is 4. The lowest BCUT2D eigenvalue weighted by molar-refractivity contribution is -0.121. The summed E-state index contributed by atoms with van der Waals surface area (Å²) in [6.07, 6.45) is -0.216. The summed E-state index contributed by atoms with van der Waals surface area (Å²) in [5, 5.41) is 21.9. The molecule has 0 fully saturated rings. The molecule has 0 unspecified atom stereocenters. The molecule has 1 amide bonds. The summed E-state index contributed by atoms with van der Waals surface area (Å²) < 4.78 is 5.68. The number of amides is 1. The molecule has 33 heavy (non-hydrogen) atoms. The fourth-order valence-electron chi connectivity index (χ4n) is 3.52. The van der Waals surface area contributed by atoms with Crippen LogP contribution < -0.4 is 20.8 Å². The summed E-state index contributed by atoms with van der Waals surface area (Å²) in [7, 11) is 0. The van der Waals surface area contributed by atoms with Gasteiger partial charge in [0.1, 0.15) is 18.5 Å². The Morgan fingerprint density at radius 3 is 2.70 bits per heavy atom. The number of β-amino-alcohol motifs (C(OH)–C–C–N with tert-alkyl or cyclic N) is 1. The summed E-state index contributed by atoms with van der Waals surface area (Å²) in [5.41, 5.74) is 6.12. The Balaban J connectivity index is 1.44. The molecule has 0 radical (unpaired) electrons. The van der Waals surface area contributed by atoms with Gasteiger partial charge in [-0.1, -0.05) is 42.8 Å². The van der Waals surface area contributed by atoms with Gasteiger partial charge in [0.15, 0.2) is 0 Å². The van der Waals surface area contributed by atoms with Crippen molar-refractivity contribution < 1.29 is 14.6 Å². The van der Waals surface area contributed by atoms with Crippen LogP contribution in [0.1, 0.15) is 38.3 Å². The molecule has 1 aliphatic heterocycles. The van der Waals surface area contributed by atoms with Crippen LogP contribution in [0.15, 0.2) is 47.6 Å². The molecule has 0 saturated carbocycles. The minimum atomic E-state index is -0.668. The van der Waals surface area contributed by atoms with Crippen LogP contribution in [0.4, 0.5) is 5.69 Å². The Morgan fingerprint density at radius 2 is 2.00 bits per heavy atom. The van der Waals surface area contributed by atoms with E-state index in [1.807, 2.05) is 50.2 Å². The van der Waals surface area contributed by atoms with Crippen molar-refractivity contribution in [3.63, 3.8) is 0 Å². The Kier molecular flexibility index (Phi) is 8.35. The number of carbonyl (C=O) groups is 1. The van der Waals surface area contributed by atoms with Crippen molar-refractivity contribution in [3.05, 3.63) is 58.6 Å². The molecule has 178 valence electrons. The molecule has 8 heteroatoms. The molecule has 4 N–H and O–H groups in total. The topological polar surface area (TPSA) is 95.0 Å². The second kappa shape index (κ2) is 11.0. The standard InChI is InChI=1S/C25H33ClN4O3/c1-16-6-5-7-21(23(16)26)33-14-20(31)13-28-25(3,4)15-27-19-10-8-18(9-11-19)24-17(2)12-22(32)29-30-24/h5-11,17,20,27-28,31H,12-15H2,1-4H3,(H,29,32)/t17-,20-/m0/s1. The molecule has 2 aromatic rings. The van der Waals surface area contributed by atoms with Gasteiger partial charge >= 0.3 is 0 Å². The molecule has 2 atom stereocenters. The highest BCUT2D eigenvalue weighted by Crippen LogP contribution is 2.27. The highest BCUT2D eigenvalue weighted by atomic mass is 35.5. The van der Waals surface area contributed by atoms with Crippen molar-refractivity contribution in [2.75, 3.05) is 25.0 Å². The average molecular weight is 473 g/mol. The van der Waals surface area contributed by atoms with Gasteiger partial charge < -0.3 is 20.5 Å². The van der Waals surface area contributed by atoms with Crippen molar-refractivity contribution in [1.82, 2.24) is 10.7 Å². The maximum Gasteiger partial charge on any atom is 0.240 e. The van der Waals surface area contributed by atoms with E-state index in [0.29, 0.717) is 30.3 Å². The van der Waals surface area contributed by atoms with E-state index in [9.17, 15) is 9.90 Å². The van der Waals surface area contributed by atoms with E-state index in [0.717, 1.165) is 22.5 Å². The molecule has 1 heterocycles. The molecular weight excluding hydrogens is 440 g/mol. The third-order valence-electron chi connectivity index (χ3n) is 5.58. The van der Waals surface area contributed by atoms with E-state index in [4.69, 9.17) is 16.3 Å². The lowest BCUT2D eigenvalue weighted by Crippen LogP contribution is -2.49. The number of hydrogen-bond acceptors (Lipinski definition) is 6. The second-order valence-corrected chi connectivity index (χ2v) is 9.56. The number of benzene rings is 2. The summed E-state index contributed by atoms with van der Waals surface area (Å²) in [4.78, 5) is 11.4. The number of nitrogens with zero attached hydrogens (tertiary/aromatic N) is 1. The van der Waals surface area contributed by atoms with Gasteiger partial charge in [0.05, 0.1) is 10.7 Å². The number of rotatable bonds is 10. The van der Waals surface area contributed by atoms with Crippen LogP contribution in [0, 0.1) is 12.8 Å². The predicted octanol–water partition coefficient (Wildman–Crippen LogP) is 3.73. The average Bonchev–Trinajstić information content (AvgIpc) is 2.78. The normalized spacial score (nSPS) is 17.2. The zero-order chi connectivity index (χ0) is 24.0. The molecule has 2 aromatic carbocycles. The quantitative estimate of drug-likeness (QED) is 0.422. The number of aliphatic hydroxyl groups is 1. The van der Waals surface area contributed by atoms with Gasteiger partial charge in [-0.2, -0.15) is 5.10 Å². The number of anilines is 1. The maximum absolute atomic E-state index is 11.4. The number of ether oxygens (including phenoxy) is 1. The summed E-state index contributed by atoms with van der Waals surface area (Å²) in [6, 6.07) is 13.6. The van der Waals surface area contributed by atoms with Crippen LogP contribution in [-0.4, -0.2) is 48.1 Å². The highest BCUT2D eigenvalue weighted by Gasteiger charge is 2.22. The number of aryl methyl sites for hydroxylation is 1. The lowest BCUT2D eigenvalue weighted by Gasteiger charge is -2.28. The van der Waals surface area contributed by atoms with Crippen LogP contribution in [0.25, 0.3) is 0 Å². The number of nitrogens with one attached hydrogen (secondary N) is 3. The van der Waals surface area contributed by atoms with Crippen molar-refractivity contribution in [3.8, 4) is 5.75 Å². The largest absolute Gasteiger partial charge is 0.489 e. The molecule has 0 bridgehead atoms. The zero-order valence-corrected chi connectivity index (χ0v) is 20.4. The van der Waals surface area contributed by atoms with E-state index in [1.165, 1.54) is 0 Å². The Morgan fingerprint density at radius 1 is 1.27 bits per heavy atom. The van der Waals surface area contributed by atoms with Gasteiger partial charge in [-0.25, -0.2) is 5.43 Å². The first kappa shape index (κ1) is 25.0. The molecule has 1 aliphatic rings. The molecule has 3 rings (SSSR count). The van der Waals surface area contributed by atoms with Crippen molar-refractivity contribution in [1.29, 1.82) is 0 Å². The van der Waals surface area contributed by atoms with Gasteiger partial charge in [0.2, 0.25) is 5.91 Å². The monoisotopic (exact) mass is 472 g/mol.